The maximum Gasteiger partial charge on any atom is 0.273 e. The number of allylic oxidation sites excluding steroid dienone is 1. The van der Waals surface area contributed by atoms with Gasteiger partial charge in [0, 0.05) is 29.2 Å². The molecule has 6 nitrogen and oxygen atoms in total. The van der Waals surface area contributed by atoms with Crippen LogP contribution in [0, 0.1) is 0 Å². The van der Waals surface area contributed by atoms with Crippen LogP contribution in [-0.2, 0) is 0 Å². The van der Waals surface area contributed by atoms with Crippen molar-refractivity contribution in [3.63, 3.8) is 0 Å². The fraction of sp³-hybridized carbons (Fsp3) is 0.111. The minimum absolute atomic E-state index is 0.138. The minimum atomic E-state index is -0.340. The number of anilines is 1. The molecule has 33 heavy (non-hydrogen) atoms. The highest BCUT2D eigenvalue weighted by molar-refractivity contribution is 6.08. The predicted octanol–water partition coefficient (Wildman–Crippen LogP) is 5.74. The first-order valence-corrected chi connectivity index (χ1v) is 10.7. The lowest BCUT2D eigenvalue weighted by Gasteiger charge is -2.05. The summed E-state index contributed by atoms with van der Waals surface area (Å²) < 4.78 is 0. The molecule has 0 aliphatic rings. The topological polar surface area (TPSA) is 87.7 Å². The molecule has 0 aliphatic heterocycles. The van der Waals surface area contributed by atoms with Crippen LogP contribution in [0.1, 0.15) is 51.7 Å². The molecule has 0 saturated heterocycles. The highest BCUT2D eigenvalue weighted by Crippen LogP contribution is 2.19. The van der Waals surface area contributed by atoms with Crippen molar-refractivity contribution in [2.45, 2.75) is 19.8 Å². The van der Waals surface area contributed by atoms with Crippen molar-refractivity contribution in [2.24, 2.45) is 0 Å². The zero-order valence-corrected chi connectivity index (χ0v) is 18.4. The van der Waals surface area contributed by atoms with E-state index in [-0.39, 0.29) is 11.7 Å². The molecule has 0 radical (unpaired) electrons. The summed E-state index contributed by atoms with van der Waals surface area (Å²) in [4.78, 5) is 29.3. The molecule has 0 bridgehead atoms. The molecule has 2 N–H and O–H groups in total. The van der Waals surface area contributed by atoms with Gasteiger partial charge in [-0.25, -0.2) is 0 Å². The van der Waals surface area contributed by atoms with Crippen LogP contribution in [0.2, 0.25) is 0 Å². The molecule has 0 spiro atoms. The van der Waals surface area contributed by atoms with E-state index < -0.39 is 0 Å². The van der Waals surface area contributed by atoms with Crippen LogP contribution in [0.3, 0.4) is 0 Å². The molecule has 6 heteroatoms. The van der Waals surface area contributed by atoms with Gasteiger partial charge < -0.3 is 5.32 Å². The van der Waals surface area contributed by atoms with Crippen LogP contribution in [0.5, 0.6) is 0 Å². The Morgan fingerprint density at radius 3 is 2.45 bits per heavy atom. The van der Waals surface area contributed by atoms with Gasteiger partial charge in [-0.2, -0.15) is 5.10 Å². The smallest absolute Gasteiger partial charge is 0.273 e. The molecule has 0 unspecified atom stereocenters. The molecule has 0 saturated carbocycles. The summed E-state index contributed by atoms with van der Waals surface area (Å²) in [6.45, 7) is 4.29. The number of benzene rings is 2. The minimum Gasteiger partial charge on any atom is -0.321 e. The molecule has 1 amide bonds. The maximum atomic E-state index is 12.6. The number of rotatable bonds is 7. The molecule has 0 atom stereocenters. The highest BCUT2D eigenvalue weighted by Gasteiger charge is 2.12. The van der Waals surface area contributed by atoms with Gasteiger partial charge >= 0.3 is 0 Å². The lowest BCUT2D eigenvalue weighted by molar-refractivity contribution is 0.101. The number of H-pyrrole nitrogens is 1. The number of hydrogen-bond acceptors (Lipinski definition) is 4. The Bertz CT molecular complexity index is 1290. The molecule has 2 aromatic heterocycles. The number of aromatic amines is 1. The van der Waals surface area contributed by atoms with Crippen LogP contribution >= 0.6 is 0 Å². The van der Waals surface area contributed by atoms with Crippen molar-refractivity contribution in [3.8, 4) is 11.3 Å². The van der Waals surface area contributed by atoms with E-state index in [4.69, 9.17) is 0 Å². The summed E-state index contributed by atoms with van der Waals surface area (Å²) in [7, 11) is 0. The van der Waals surface area contributed by atoms with Crippen LogP contribution in [-0.4, -0.2) is 26.9 Å². The van der Waals surface area contributed by atoms with E-state index in [9.17, 15) is 9.59 Å². The van der Waals surface area contributed by atoms with Gasteiger partial charge in [-0.05, 0) is 53.5 Å². The fourth-order valence-electron chi connectivity index (χ4n) is 3.32. The number of ketones is 1. The van der Waals surface area contributed by atoms with Crippen LogP contribution in [0.15, 0.2) is 85.2 Å². The van der Waals surface area contributed by atoms with Gasteiger partial charge in [-0.15, -0.1) is 0 Å². The van der Waals surface area contributed by atoms with Gasteiger partial charge in [0.15, 0.2) is 5.78 Å². The van der Waals surface area contributed by atoms with Gasteiger partial charge in [0.05, 0.1) is 5.69 Å². The zero-order valence-electron chi connectivity index (χ0n) is 18.4. The Labute approximate surface area is 192 Å². The van der Waals surface area contributed by atoms with Crippen molar-refractivity contribution < 1.29 is 9.59 Å². The zero-order chi connectivity index (χ0) is 23.2. The van der Waals surface area contributed by atoms with Crippen molar-refractivity contribution in [3.05, 3.63) is 108 Å². The molecular weight excluding hydrogens is 412 g/mol. The lowest BCUT2D eigenvalue weighted by atomic mass is 10.0. The molecule has 4 rings (SSSR count). The fourth-order valence-corrected chi connectivity index (χ4v) is 3.32. The number of carbonyl (C=O) groups is 2. The average molecular weight is 437 g/mol. The average Bonchev–Trinajstić information content (AvgIpc) is 3.34. The third-order valence-corrected chi connectivity index (χ3v) is 5.23. The summed E-state index contributed by atoms with van der Waals surface area (Å²) in [6.07, 6.45) is 6.67. The summed E-state index contributed by atoms with van der Waals surface area (Å²) in [6, 6.07) is 20.3. The van der Waals surface area contributed by atoms with E-state index in [2.05, 4.69) is 46.5 Å². The van der Waals surface area contributed by atoms with E-state index in [0.717, 1.165) is 11.1 Å². The summed E-state index contributed by atoms with van der Waals surface area (Å²) in [5.41, 5.74) is 5.07. The second kappa shape index (κ2) is 9.87. The number of amides is 1. The first kappa shape index (κ1) is 21.9. The van der Waals surface area contributed by atoms with Gasteiger partial charge in [-0.1, -0.05) is 56.3 Å². The second-order valence-electron chi connectivity index (χ2n) is 7.96. The number of nitrogens with zero attached hydrogens (tertiary/aromatic N) is 2. The van der Waals surface area contributed by atoms with Gasteiger partial charge in [0.1, 0.15) is 5.69 Å². The van der Waals surface area contributed by atoms with Gasteiger partial charge in [0.25, 0.3) is 5.91 Å². The summed E-state index contributed by atoms with van der Waals surface area (Å²) >= 11 is 0. The van der Waals surface area contributed by atoms with Crippen molar-refractivity contribution >= 4 is 23.5 Å². The van der Waals surface area contributed by atoms with E-state index in [0.29, 0.717) is 28.6 Å². The van der Waals surface area contributed by atoms with Crippen molar-refractivity contribution in [1.29, 1.82) is 0 Å². The molecule has 4 aromatic rings. The van der Waals surface area contributed by atoms with E-state index in [1.165, 1.54) is 5.56 Å². The largest absolute Gasteiger partial charge is 0.321 e. The quantitative estimate of drug-likeness (QED) is 0.285. The standard InChI is InChI=1S/C27H24N4O2/c1-18(2)20-9-6-19(7-10-20)8-11-26(32)22-4-3-5-23(16-22)29-27(33)25-17-24(30-31-25)21-12-14-28-15-13-21/h3-18H,1-2H3,(H,29,33)(H,30,31)/b11-8+. The van der Waals surface area contributed by atoms with E-state index in [1.807, 2.05) is 24.3 Å². The monoisotopic (exact) mass is 436 g/mol. The summed E-state index contributed by atoms with van der Waals surface area (Å²) in [5, 5.41) is 9.75. The van der Waals surface area contributed by atoms with Crippen molar-refractivity contribution in [2.75, 3.05) is 5.32 Å². The molecule has 164 valence electrons. The Balaban J connectivity index is 1.42. The molecule has 0 fully saturated rings. The van der Waals surface area contributed by atoms with E-state index >= 15 is 0 Å². The molecule has 2 heterocycles. The molecule has 0 aliphatic carbocycles. The highest BCUT2D eigenvalue weighted by atomic mass is 16.2. The maximum absolute atomic E-state index is 12.6. The molecule has 2 aromatic carbocycles. The Hall–Kier alpha value is -4.32. The van der Waals surface area contributed by atoms with Crippen LogP contribution in [0.25, 0.3) is 17.3 Å². The molecular formula is C27H24N4O2. The van der Waals surface area contributed by atoms with Gasteiger partial charge in [-0.3, -0.25) is 19.7 Å². The number of aromatic nitrogens is 3. The van der Waals surface area contributed by atoms with Crippen LogP contribution in [0.4, 0.5) is 5.69 Å². The number of pyridine rings is 1. The lowest BCUT2D eigenvalue weighted by Crippen LogP contribution is -2.12. The van der Waals surface area contributed by atoms with Crippen LogP contribution < -0.4 is 5.32 Å². The second-order valence-corrected chi connectivity index (χ2v) is 7.96. The number of nitrogens with one attached hydrogen (secondary N) is 2. The number of hydrogen-bond donors (Lipinski definition) is 2. The van der Waals surface area contributed by atoms with Crippen molar-refractivity contribution in [1.82, 2.24) is 15.2 Å². The summed E-state index contributed by atoms with van der Waals surface area (Å²) in [5.74, 6) is -0.0136. The third-order valence-electron chi connectivity index (χ3n) is 5.23. The first-order chi connectivity index (χ1) is 16.0. The Kier molecular flexibility index (Phi) is 6.55. The Morgan fingerprint density at radius 2 is 1.73 bits per heavy atom. The predicted molar refractivity (Wildman–Crippen MR) is 130 cm³/mol. The SMILES string of the molecule is CC(C)c1ccc(/C=C/C(=O)c2cccc(NC(=O)c3cc(-c4ccncc4)n[nH]3)c2)cc1. The van der Waals surface area contributed by atoms with Gasteiger partial charge in [0.2, 0.25) is 0 Å². The first-order valence-electron chi connectivity index (χ1n) is 10.7. The number of carbonyl (C=O) groups excluding carboxylic acids is 2. The normalized spacial score (nSPS) is 11.1. The third kappa shape index (κ3) is 5.49. The Morgan fingerprint density at radius 1 is 0.970 bits per heavy atom. The van der Waals surface area contributed by atoms with E-state index in [1.54, 1.807) is 54.9 Å².